The third kappa shape index (κ3) is 3.67. The van der Waals surface area contributed by atoms with Gasteiger partial charge in [0.2, 0.25) is 5.95 Å². The van der Waals surface area contributed by atoms with Crippen molar-refractivity contribution in [2.75, 3.05) is 28.8 Å². The SMILES string of the molecule is Nc1nc2c(c(=O)[nH]1)N(Cc1c3ccccc3c3ccc4cccc5ccc1c3c54)CN2[C@@H]1O[C@H](CO)[C@@H](O)[C@H]1O.[Cl-]. The predicted molar refractivity (Wildman–Crippen MR) is 158 cm³/mol. The van der Waals surface area contributed by atoms with Gasteiger partial charge >= 0.3 is 0 Å². The summed E-state index contributed by atoms with van der Waals surface area (Å²) >= 11 is 0. The maximum Gasteiger partial charge on any atom is 0.278 e. The third-order valence-electron chi connectivity index (χ3n) is 8.62. The van der Waals surface area contributed by atoms with Crippen LogP contribution in [0.4, 0.5) is 17.5 Å². The first kappa shape index (κ1) is 26.7. The Morgan fingerprint density at radius 3 is 2.33 bits per heavy atom. The Morgan fingerprint density at radius 2 is 1.62 bits per heavy atom. The molecule has 1 saturated heterocycles. The quantitative estimate of drug-likeness (QED) is 0.138. The molecule has 0 amide bonds. The number of rotatable bonds is 4. The normalized spacial score (nSPS) is 22.1. The number of fused-ring (bicyclic) bond motifs is 3. The van der Waals surface area contributed by atoms with Gasteiger partial charge in [-0.25, -0.2) is 0 Å². The molecule has 0 aliphatic carbocycles. The molecule has 214 valence electrons. The maximum atomic E-state index is 13.3. The number of nitrogens with one attached hydrogen (secondary N) is 1. The Kier molecular flexibility index (Phi) is 6.16. The lowest BCUT2D eigenvalue weighted by Crippen LogP contribution is -3.00. The summed E-state index contributed by atoms with van der Waals surface area (Å²) in [5, 5.41) is 40.1. The molecule has 0 spiro atoms. The lowest BCUT2D eigenvalue weighted by molar-refractivity contribution is -0.0222. The van der Waals surface area contributed by atoms with Gasteiger partial charge in [0, 0.05) is 6.54 Å². The molecule has 3 heterocycles. The number of hydrogen-bond acceptors (Lipinski definition) is 9. The Hall–Kier alpha value is -4.19. The molecule has 6 N–H and O–H groups in total. The number of anilines is 3. The minimum atomic E-state index is -1.32. The van der Waals surface area contributed by atoms with Crippen LogP contribution in [0.5, 0.6) is 0 Å². The van der Waals surface area contributed by atoms with Crippen LogP contribution in [0.2, 0.25) is 0 Å². The summed E-state index contributed by atoms with van der Waals surface area (Å²) in [6, 6.07) is 23.2. The molecule has 5 aromatic carbocycles. The van der Waals surface area contributed by atoms with Crippen molar-refractivity contribution in [2.45, 2.75) is 31.1 Å². The zero-order chi connectivity index (χ0) is 28.0. The van der Waals surface area contributed by atoms with Gasteiger partial charge in [-0.1, -0.05) is 66.7 Å². The van der Waals surface area contributed by atoms with Crippen LogP contribution in [-0.4, -0.2) is 63.1 Å². The highest BCUT2D eigenvalue weighted by atomic mass is 35.5. The van der Waals surface area contributed by atoms with Crippen LogP contribution in [0.3, 0.4) is 0 Å². The lowest BCUT2D eigenvalue weighted by atomic mass is 9.87. The number of aliphatic hydroxyl groups excluding tert-OH is 3. The van der Waals surface area contributed by atoms with E-state index in [1.165, 1.54) is 26.9 Å². The van der Waals surface area contributed by atoms with Gasteiger partial charge in [0.15, 0.2) is 12.0 Å². The Morgan fingerprint density at radius 1 is 0.905 bits per heavy atom. The van der Waals surface area contributed by atoms with Gasteiger partial charge in [-0.05, 0) is 48.7 Å². The van der Waals surface area contributed by atoms with E-state index in [-0.39, 0.29) is 30.8 Å². The second kappa shape index (κ2) is 9.69. The van der Waals surface area contributed by atoms with Crippen molar-refractivity contribution in [3.63, 3.8) is 0 Å². The fourth-order valence-electron chi connectivity index (χ4n) is 6.79. The Bertz CT molecular complexity index is 2040. The molecule has 8 rings (SSSR count). The molecule has 11 heteroatoms. The summed E-state index contributed by atoms with van der Waals surface area (Å²) in [5.74, 6) is 0.184. The van der Waals surface area contributed by atoms with Crippen LogP contribution in [-0.2, 0) is 11.3 Å². The summed E-state index contributed by atoms with van der Waals surface area (Å²) in [4.78, 5) is 23.9. The predicted octanol–water partition coefficient (Wildman–Crippen LogP) is -0.370. The van der Waals surface area contributed by atoms with Gasteiger partial charge in [0.05, 0.1) is 13.3 Å². The summed E-state index contributed by atoms with van der Waals surface area (Å²) in [7, 11) is 0. The zero-order valence-electron chi connectivity index (χ0n) is 22.2. The fourth-order valence-corrected chi connectivity index (χ4v) is 6.79. The number of nitrogens with two attached hydrogens (primary N) is 1. The molecule has 0 saturated carbocycles. The number of aliphatic hydroxyl groups is 3. The summed E-state index contributed by atoms with van der Waals surface area (Å²) < 4.78 is 5.83. The van der Waals surface area contributed by atoms with E-state index in [4.69, 9.17) is 10.5 Å². The van der Waals surface area contributed by atoms with Gasteiger partial charge in [0.25, 0.3) is 5.56 Å². The Balaban J connectivity index is 0.00000288. The lowest BCUT2D eigenvalue weighted by Gasteiger charge is -2.28. The molecule has 0 radical (unpaired) electrons. The molecular formula is C31H27ClN5O5-. The van der Waals surface area contributed by atoms with Crippen molar-refractivity contribution in [1.82, 2.24) is 9.97 Å². The number of nitrogen functional groups attached to an aromatic ring is 1. The van der Waals surface area contributed by atoms with Crippen LogP contribution in [0.1, 0.15) is 5.56 Å². The molecule has 0 unspecified atom stereocenters. The minimum absolute atomic E-state index is 0. The monoisotopic (exact) mass is 584 g/mol. The van der Waals surface area contributed by atoms with E-state index < -0.39 is 36.7 Å². The van der Waals surface area contributed by atoms with Crippen LogP contribution >= 0.6 is 0 Å². The standard InChI is InChI=1S/C31H27N5O5.ClH/c32-31-33-28-25(29(40)34-31)35(14-36(28)30-27(39)26(38)22(13-37)41-30)12-21-18-7-2-1-6-17(18)19-10-8-15-4-3-5-16-9-11-20(21)24(19)23(15)16;/h1-11,22,26-27,30,37-39H,12-14H2,(H3,32,33,34,40);1H/p-1/t22-,26-,27-,30-;/m1./s1. The molecule has 6 aromatic rings. The highest BCUT2D eigenvalue weighted by Crippen LogP contribution is 2.43. The first-order valence-corrected chi connectivity index (χ1v) is 13.6. The Labute approximate surface area is 245 Å². The second-order valence-electron chi connectivity index (χ2n) is 10.9. The van der Waals surface area contributed by atoms with Crippen molar-refractivity contribution in [2.24, 2.45) is 0 Å². The molecule has 42 heavy (non-hydrogen) atoms. The first-order valence-electron chi connectivity index (χ1n) is 13.6. The van der Waals surface area contributed by atoms with Crippen molar-refractivity contribution in [1.29, 1.82) is 0 Å². The summed E-state index contributed by atoms with van der Waals surface area (Å²) in [6.07, 6.45) is -4.60. The third-order valence-corrected chi connectivity index (χ3v) is 8.62. The molecule has 2 aliphatic rings. The van der Waals surface area contributed by atoms with E-state index in [1.54, 1.807) is 4.90 Å². The average molecular weight is 585 g/mol. The molecule has 10 nitrogen and oxygen atoms in total. The minimum Gasteiger partial charge on any atom is -1.00 e. The van der Waals surface area contributed by atoms with Crippen molar-refractivity contribution >= 4 is 60.5 Å². The number of ether oxygens (including phenoxy) is 1. The zero-order valence-corrected chi connectivity index (χ0v) is 23.0. The van der Waals surface area contributed by atoms with Gasteiger partial charge in [0.1, 0.15) is 24.0 Å². The number of nitrogens with zero attached hydrogens (tertiary/aromatic N) is 3. The number of aromatic nitrogens is 2. The average Bonchev–Trinajstić information content (AvgIpc) is 3.48. The molecule has 1 aromatic heterocycles. The molecule has 4 atom stereocenters. The number of hydrogen-bond donors (Lipinski definition) is 5. The highest BCUT2D eigenvalue weighted by molar-refractivity contribution is 6.30. The molecular weight excluding hydrogens is 558 g/mol. The van der Waals surface area contributed by atoms with Gasteiger partial charge < -0.3 is 48.0 Å². The molecule has 1 fully saturated rings. The summed E-state index contributed by atoms with van der Waals surface area (Å²) in [5.41, 5.74) is 6.87. The number of halogens is 1. The van der Waals surface area contributed by atoms with Crippen LogP contribution in [0.25, 0.3) is 43.1 Å². The fraction of sp³-hybridized carbons (Fsp3) is 0.226. The largest absolute Gasteiger partial charge is 1.00 e. The van der Waals surface area contributed by atoms with Crippen LogP contribution in [0, 0.1) is 0 Å². The first-order chi connectivity index (χ1) is 19.9. The number of aromatic amines is 1. The van der Waals surface area contributed by atoms with Crippen LogP contribution < -0.4 is 33.5 Å². The van der Waals surface area contributed by atoms with E-state index >= 15 is 0 Å². The van der Waals surface area contributed by atoms with E-state index in [0.717, 1.165) is 21.7 Å². The number of H-pyrrole nitrogens is 1. The van der Waals surface area contributed by atoms with Crippen molar-refractivity contribution in [3.8, 4) is 0 Å². The van der Waals surface area contributed by atoms with Gasteiger partial charge in [-0.2, -0.15) is 4.98 Å². The smallest absolute Gasteiger partial charge is 0.278 e. The topological polar surface area (TPSA) is 148 Å². The maximum absolute atomic E-state index is 13.3. The van der Waals surface area contributed by atoms with E-state index in [0.29, 0.717) is 12.2 Å². The molecule has 0 bridgehead atoms. The van der Waals surface area contributed by atoms with Crippen molar-refractivity contribution < 1.29 is 32.5 Å². The molecule has 2 aliphatic heterocycles. The van der Waals surface area contributed by atoms with E-state index in [2.05, 4.69) is 64.6 Å². The van der Waals surface area contributed by atoms with E-state index in [9.17, 15) is 20.1 Å². The van der Waals surface area contributed by atoms with Gasteiger partial charge in [-0.3, -0.25) is 9.78 Å². The summed E-state index contributed by atoms with van der Waals surface area (Å²) in [6.45, 7) is 0.0538. The van der Waals surface area contributed by atoms with E-state index in [1.807, 2.05) is 17.0 Å². The number of benzene rings is 5. The van der Waals surface area contributed by atoms with Crippen LogP contribution in [0.15, 0.2) is 71.5 Å². The van der Waals surface area contributed by atoms with Gasteiger partial charge in [-0.15, -0.1) is 0 Å². The highest BCUT2D eigenvalue weighted by Gasteiger charge is 2.48. The second-order valence-corrected chi connectivity index (χ2v) is 10.9. The van der Waals surface area contributed by atoms with Crippen molar-refractivity contribution in [3.05, 3.63) is 82.6 Å².